The summed E-state index contributed by atoms with van der Waals surface area (Å²) in [4.78, 5) is 22.7. The number of carbonyl (C=O) groups excluding carboxylic acids is 1. The molecule has 0 aromatic carbocycles. The first-order valence-corrected chi connectivity index (χ1v) is 6.93. The van der Waals surface area contributed by atoms with Gasteiger partial charge in [0.2, 0.25) is 0 Å². The van der Waals surface area contributed by atoms with E-state index in [0.29, 0.717) is 5.92 Å². The maximum absolute atomic E-state index is 11.8. The normalized spacial score (nSPS) is 26.3. The van der Waals surface area contributed by atoms with Crippen molar-refractivity contribution in [3.63, 3.8) is 0 Å². The van der Waals surface area contributed by atoms with Crippen molar-refractivity contribution in [1.29, 1.82) is 0 Å². The van der Waals surface area contributed by atoms with Gasteiger partial charge in [-0.05, 0) is 25.7 Å². The fourth-order valence-electron chi connectivity index (χ4n) is 2.63. The second kappa shape index (κ2) is 7.33. The van der Waals surface area contributed by atoms with Crippen LogP contribution in [-0.4, -0.2) is 40.4 Å². The molecule has 6 heteroatoms. The number of carboxylic acids is 1. The van der Waals surface area contributed by atoms with Crippen molar-refractivity contribution < 1.29 is 19.8 Å². The molecule has 0 radical (unpaired) electrons. The van der Waals surface area contributed by atoms with Gasteiger partial charge in [-0.1, -0.05) is 26.2 Å². The van der Waals surface area contributed by atoms with Crippen LogP contribution in [0.5, 0.6) is 0 Å². The van der Waals surface area contributed by atoms with E-state index in [-0.39, 0.29) is 6.04 Å². The zero-order valence-corrected chi connectivity index (χ0v) is 11.6. The first kappa shape index (κ1) is 15.8. The molecule has 0 heterocycles. The SMILES string of the molecule is CCC1CCCCC1NC(=O)N[C@H](C(=O)O)[C@@H](C)O. The summed E-state index contributed by atoms with van der Waals surface area (Å²) in [6.45, 7) is 3.44. The number of nitrogens with one attached hydrogen (secondary N) is 2. The van der Waals surface area contributed by atoms with Gasteiger partial charge >= 0.3 is 12.0 Å². The second-order valence-electron chi connectivity index (χ2n) is 5.23. The Morgan fingerprint density at radius 1 is 1.32 bits per heavy atom. The van der Waals surface area contributed by atoms with Gasteiger partial charge in [0.15, 0.2) is 6.04 Å². The van der Waals surface area contributed by atoms with Crippen molar-refractivity contribution in [3.05, 3.63) is 0 Å². The molecule has 0 aromatic heterocycles. The Balaban J connectivity index is 2.51. The van der Waals surface area contributed by atoms with Crippen LogP contribution in [0.1, 0.15) is 46.0 Å². The van der Waals surface area contributed by atoms with Crippen LogP contribution < -0.4 is 10.6 Å². The summed E-state index contributed by atoms with van der Waals surface area (Å²) >= 11 is 0. The quantitative estimate of drug-likeness (QED) is 0.602. The van der Waals surface area contributed by atoms with Gasteiger partial charge in [-0.15, -0.1) is 0 Å². The number of aliphatic carboxylic acids is 1. The molecular weight excluding hydrogens is 248 g/mol. The molecule has 0 spiro atoms. The Kier molecular flexibility index (Phi) is 6.08. The highest BCUT2D eigenvalue weighted by Gasteiger charge is 2.28. The second-order valence-corrected chi connectivity index (χ2v) is 5.23. The Morgan fingerprint density at radius 3 is 2.47 bits per heavy atom. The van der Waals surface area contributed by atoms with Crippen LogP contribution in [-0.2, 0) is 4.79 Å². The van der Waals surface area contributed by atoms with E-state index < -0.39 is 24.1 Å². The number of hydrogen-bond acceptors (Lipinski definition) is 3. The monoisotopic (exact) mass is 272 g/mol. The van der Waals surface area contributed by atoms with Crippen molar-refractivity contribution in [2.24, 2.45) is 5.92 Å². The zero-order chi connectivity index (χ0) is 14.4. The molecule has 1 fully saturated rings. The Hall–Kier alpha value is -1.30. The third-order valence-electron chi connectivity index (χ3n) is 3.78. The molecule has 0 aromatic rings. The fourth-order valence-corrected chi connectivity index (χ4v) is 2.63. The molecular formula is C13H24N2O4. The fraction of sp³-hybridized carbons (Fsp3) is 0.846. The number of rotatable bonds is 5. The highest BCUT2D eigenvalue weighted by molar-refractivity contribution is 5.83. The summed E-state index contributed by atoms with van der Waals surface area (Å²) in [6, 6.07) is -1.69. The van der Waals surface area contributed by atoms with Crippen LogP contribution in [0, 0.1) is 5.92 Å². The summed E-state index contributed by atoms with van der Waals surface area (Å²) in [5.74, 6) is -0.782. The average Bonchev–Trinajstić information content (AvgIpc) is 2.36. The average molecular weight is 272 g/mol. The molecule has 4 N–H and O–H groups in total. The van der Waals surface area contributed by atoms with Crippen molar-refractivity contribution in [2.45, 2.75) is 64.1 Å². The van der Waals surface area contributed by atoms with Crippen LogP contribution in [0.25, 0.3) is 0 Å². The lowest BCUT2D eigenvalue weighted by Gasteiger charge is -2.32. The highest BCUT2D eigenvalue weighted by atomic mass is 16.4. The van der Waals surface area contributed by atoms with Crippen LogP contribution >= 0.6 is 0 Å². The van der Waals surface area contributed by atoms with Crippen LogP contribution in [0.15, 0.2) is 0 Å². The number of aliphatic hydroxyl groups excluding tert-OH is 1. The van der Waals surface area contributed by atoms with Gasteiger partial charge in [-0.25, -0.2) is 9.59 Å². The number of carbonyl (C=O) groups is 2. The van der Waals surface area contributed by atoms with Crippen molar-refractivity contribution in [1.82, 2.24) is 10.6 Å². The third-order valence-corrected chi connectivity index (χ3v) is 3.78. The number of hydrogen-bond donors (Lipinski definition) is 4. The largest absolute Gasteiger partial charge is 0.480 e. The molecule has 110 valence electrons. The zero-order valence-electron chi connectivity index (χ0n) is 11.6. The summed E-state index contributed by atoms with van der Waals surface area (Å²) in [6.07, 6.45) is 4.17. The Labute approximate surface area is 113 Å². The van der Waals surface area contributed by atoms with E-state index in [1.165, 1.54) is 13.3 Å². The Bertz CT molecular complexity index is 320. The minimum absolute atomic E-state index is 0.0993. The van der Waals surface area contributed by atoms with Crippen LogP contribution in [0.3, 0.4) is 0 Å². The van der Waals surface area contributed by atoms with Gasteiger partial charge in [0.05, 0.1) is 6.10 Å². The molecule has 1 aliphatic carbocycles. The van der Waals surface area contributed by atoms with Crippen LogP contribution in [0.2, 0.25) is 0 Å². The first-order valence-electron chi connectivity index (χ1n) is 6.93. The van der Waals surface area contributed by atoms with Crippen molar-refractivity contribution >= 4 is 12.0 Å². The van der Waals surface area contributed by atoms with E-state index in [4.69, 9.17) is 5.11 Å². The van der Waals surface area contributed by atoms with E-state index >= 15 is 0 Å². The van der Waals surface area contributed by atoms with Crippen LogP contribution in [0.4, 0.5) is 4.79 Å². The number of urea groups is 1. The van der Waals surface area contributed by atoms with E-state index in [9.17, 15) is 14.7 Å². The van der Waals surface area contributed by atoms with Gasteiger partial charge in [0, 0.05) is 6.04 Å². The number of amides is 2. The minimum Gasteiger partial charge on any atom is -0.480 e. The predicted molar refractivity (Wildman–Crippen MR) is 70.8 cm³/mol. The minimum atomic E-state index is -1.27. The van der Waals surface area contributed by atoms with Crippen molar-refractivity contribution in [3.8, 4) is 0 Å². The molecule has 4 atom stereocenters. The van der Waals surface area contributed by atoms with Gasteiger partial charge in [0.1, 0.15) is 0 Å². The summed E-state index contributed by atoms with van der Waals surface area (Å²) in [7, 11) is 0. The first-order chi connectivity index (χ1) is 8.95. The predicted octanol–water partition coefficient (Wildman–Crippen LogP) is 1.09. The maximum Gasteiger partial charge on any atom is 0.328 e. The highest BCUT2D eigenvalue weighted by Crippen LogP contribution is 2.26. The molecule has 0 saturated heterocycles. The van der Waals surface area contributed by atoms with Gasteiger partial charge in [-0.3, -0.25) is 0 Å². The molecule has 2 unspecified atom stereocenters. The molecule has 6 nitrogen and oxygen atoms in total. The topological polar surface area (TPSA) is 98.7 Å². The number of aliphatic hydroxyl groups is 1. The van der Waals surface area contributed by atoms with Gasteiger partial charge < -0.3 is 20.8 Å². The van der Waals surface area contributed by atoms with E-state index in [0.717, 1.165) is 25.7 Å². The van der Waals surface area contributed by atoms with E-state index in [2.05, 4.69) is 17.6 Å². The molecule has 19 heavy (non-hydrogen) atoms. The summed E-state index contributed by atoms with van der Waals surface area (Å²) in [5.41, 5.74) is 0. The lowest BCUT2D eigenvalue weighted by Crippen LogP contribution is -2.54. The van der Waals surface area contributed by atoms with E-state index in [1.807, 2.05) is 0 Å². The molecule has 1 aliphatic rings. The Morgan fingerprint density at radius 2 is 1.95 bits per heavy atom. The third kappa shape index (κ3) is 4.70. The number of carboxylic acid groups (broad SMARTS) is 1. The lowest BCUT2D eigenvalue weighted by molar-refractivity contribution is -0.141. The molecule has 0 aliphatic heterocycles. The smallest absolute Gasteiger partial charge is 0.328 e. The lowest BCUT2D eigenvalue weighted by atomic mass is 9.83. The van der Waals surface area contributed by atoms with Crippen molar-refractivity contribution in [2.75, 3.05) is 0 Å². The molecule has 1 saturated carbocycles. The van der Waals surface area contributed by atoms with E-state index in [1.54, 1.807) is 0 Å². The molecule has 1 rings (SSSR count). The molecule has 2 amide bonds. The summed E-state index contributed by atoms with van der Waals surface area (Å²) in [5, 5.41) is 23.4. The van der Waals surface area contributed by atoms with Gasteiger partial charge in [0.25, 0.3) is 0 Å². The van der Waals surface area contributed by atoms with Gasteiger partial charge in [-0.2, -0.15) is 0 Å². The maximum atomic E-state index is 11.8. The summed E-state index contributed by atoms with van der Waals surface area (Å²) < 4.78 is 0. The standard InChI is InChI=1S/C13H24N2O4/c1-3-9-6-4-5-7-10(9)14-13(19)15-11(8(2)16)12(17)18/h8-11,16H,3-7H2,1-2H3,(H,17,18)(H2,14,15,19)/t8-,9?,10?,11+/m1/s1. The molecule has 0 bridgehead atoms.